The Balaban J connectivity index is 1.58. The Kier molecular flexibility index (Phi) is 6.74. The summed E-state index contributed by atoms with van der Waals surface area (Å²) in [4.78, 5) is 21.4. The molecule has 0 fully saturated rings. The summed E-state index contributed by atoms with van der Waals surface area (Å²) >= 11 is 7.13. The number of carbonyl (C=O) groups excluding carboxylic acids is 1. The number of aryl methyl sites for hydroxylation is 2. The molecule has 0 saturated carbocycles. The fraction of sp³-hybridized carbons (Fsp3) is 0.211. The Morgan fingerprint density at radius 3 is 2.62 bits per heavy atom. The van der Waals surface area contributed by atoms with Crippen molar-refractivity contribution in [3.63, 3.8) is 0 Å². The average molecular weight is 454 g/mol. The van der Waals surface area contributed by atoms with Crippen LogP contribution in [-0.2, 0) is 23.0 Å². The van der Waals surface area contributed by atoms with Gasteiger partial charge in [-0.3, -0.25) is 9.78 Å². The van der Waals surface area contributed by atoms with Crippen LogP contribution in [0.4, 0.5) is 4.39 Å². The van der Waals surface area contributed by atoms with Gasteiger partial charge < -0.3 is 0 Å². The van der Waals surface area contributed by atoms with Crippen LogP contribution < -0.4 is 4.72 Å². The number of hydrogen-bond donors (Lipinski definition) is 1. The zero-order chi connectivity index (χ0) is 21.0. The molecule has 0 aliphatic carbocycles. The lowest BCUT2D eigenvalue weighted by Crippen LogP contribution is -2.23. The summed E-state index contributed by atoms with van der Waals surface area (Å²) in [6.45, 7) is 1.86. The number of halogens is 2. The maximum atomic E-state index is 13.5. The second-order valence-electron chi connectivity index (χ2n) is 6.22. The van der Waals surface area contributed by atoms with Crippen LogP contribution in [0.25, 0.3) is 0 Å². The molecule has 6 nitrogen and oxygen atoms in total. The lowest BCUT2D eigenvalue weighted by Gasteiger charge is -2.08. The van der Waals surface area contributed by atoms with Gasteiger partial charge in [-0.25, -0.2) is 22.5 Å². The maximum absolute atomic E-state index is 13.5. The van der Waals surface area contributed by atoms with Gasteiger partial charge in [-0.05, 0) is 43.2 Å². The molecule has 0 bridgehead atoms. The predicted octanol–water partition coefficient (Wildman–Crippen LogP) is 3.93. The Morgan fingerprint density at radius 2 is 2.00 bits per heavy atom. The highest BCUT2D eigenvalue weighted by Gasteiger charge is 2.16. The van der Waals surface area contributed by atoms with E-state index in [1.165, 1.54) is 18.3 Å². The smallest absolute Gasteiger partial charge is 0.240 e. The van der Waals surface area contributed by atoms with E-state index in [1.807, 2.05) is 6.92 Å². The highest BCUT2D eigenvalue weighted by Crippen LogP contribution is 2.19. The first-order valence-electron chi connectivity index (χ1n) is 8.59. The topological polar surface area (TPSA) is 89.0 Å². The lowest BCUT2D eigenvalue weighted by molar-refractivity contribution is 0.0978. The van der Waals surface area contributed by atoms with Crippen molar-refractivity contribution in [1.29, 1.82) is 0 Å². The number of sulfonamides is 1. The summed E-state index contributed by atoms with van der Waals surface area (Å²) in [6, 6.07) is 6.45. The summed E-state index contributed by atoms with van der Waals surface area (Å²) in [7, 11) is -3.91. The zero-order valence-corrected chi connectivity index (χ0v) is 17.7. The predicted molar refractivity (Wildman–Crippen MR) is 109 cm³/mol. The highest BCUT2D eigenvalue weighted by molar-refractivity contribution is 7.89. The van der Waals surface area contributed by atoms with Crippen LogP contribution in [-0.4, -0.2) is 24.2 Å². The van der Waals surface area contributed by atoms with Crippen molar-refractivity contribution >= 4 is 38.7 Å². The van der Waals surface area contributed by atoms with Crippen molar-refractivity contribution in [2.24, 2.45) is 0 Å². The van der Waals surface area contributed by atoms with E-state index < -0.39 is 15.8 Å². The number of aromatic nitrogens is 2. The molecule has 0 saturated heterocycles. The first kappa shape index (κ1) is 21.5. The largest absolute Gasteiger partial charge is 0.292 e. The lowest BCUT2D eigenvalue weighted by atomic mass is 10.1. The number of nitrogens with one attached hydrogen (secondary N) is 1. The molecule has 1 aromatic carbocycles. The number of nitrogens with zero attached hydrogens (tertiary/aromatic N) is 2. The number of thiazole rings is 1. The molecule has 3 aromatic rings. The minimum atomic E-state index is -3.91. The van der Waals surface area contributed by atoms with Gasteiger partial charge in [-0.2, -0.15) is 0 Å². The van der Waals surface area contributed by atoms with Gasteiger partial charge in [0.25, 0.3) is 0 Å². The fourth-order valence-corrected chi connectivity index (χ4v) is 4.43. The Hall–Kier alpha value is -2.20. The second-order valence-corrected chi connectivity index (χ2v) is 9.71. The van der Waals surface area contributed by atoms with Crippen molar-refractivity contribution in [3.05, 3.63) is 74.7 Å². The third-order valence-electron chi connectivity index (χ3n) is 4.05. The monoisotopic (exact) mass is 453 g/mol. The van der Waals surface area contributed by atoms with E-state index in [0.717, 1.165) is 16.0 Å². The first-order valence-corrected chi connectivity index (χ1v) is 11.3. The third-order valence-corrected chi connectivity index (χ3v) is 6.72. The van der Waals surface area contributed by atoms with Gasteiger partial charge in [-0.1, -0.05) is 17.7 Å². The van der Waals surface area contributed by atoms with Crippen LogP contribution in [0, 0.1) is 12.7 Å². The first-order chi connectivity index (χ1) is 13.7. The van der Waals surface area contributed by atoms with Crippen LogP contribution >= 0.6 is 22.9 Å². The summed E-state index contributed by atoms with van der Waals surface area (Å²) in [6.07, 6.45) is 4.13. The molecule has 0 amide bonds. The van der Waals surface area contributed by atoms with Gasteiger partial charge in [-0.15, -0.1) is 11.3 Å². The normalized spacial score (nSPS) is 11.6. The molecule has 2 heterocycles. The fourth-order valence-electron chi connectivity index (χ4n) is 2.49. The molecule has 29 heavy (non-hydrogen) atoms. The summed E-state index contributed by atoms with van der Waals surface area (Å²) in [5, 5.41) is 0.803. The molecule has 0 atom stereocenters. The molecule has 0 radical (unpaired) electrons. The molecule has 0 spiro atoms. The van der Waals surface area contributed by atoms with E-state index in [4.69, 9.17) is 11.6 Å². The SMILES string of the molecule is Cc1ncc(CCC(=O)c2ccc(CNS(=O)(=O)c3ccc(Cl)c(F)c3)cn2)s1. The number of benzene rings is 1. The zero-order valence-electron chi connectivity index (χ0n) is 15.4. The van der Waals surface area contributed by atoms with Gasteiger partial charge in [0, 0.05) is 30.2 Å². The van der Waals surface area contributed by atoms with E-state index in [0.29, 0.717) is 24.1 Å². The molecule has 10 heteroatoms. The molecular formula is C19H17ClFN3O3S2. The molecule has 0 aliphatic heterocycles. The Morgan fingerprint density at radius 1 is 1.21 bits per heavy atom. The van der Waals surface area contributed by atoms with E-state index in [1.54, 1.807) is 29.7 Å². The third kappa shape index (κ3) is 5.66. The molecule has 3 rings (SSSR count). The van der Waals surface area contributed by atoms with E-state index in [-0.39, 0.29) is 22.2 Å². The summed E-state index contributed by atoms with van der Waals surface area (Å²) in [5.74, 6) is -0.910. The minimum absolute atomic E-state index is 0.0474. The standard InChI is InChI=1S/C19H17ClFN3O3S2/c1-12-22-11-14(28-12)3-7-19(25)18-6-2-13(9-23-18)10-24-29(26,27)15-4-5-16(20)17(21)8-15/h2,4-6,8-9,11,24H,3,7,10H2,1H3. The van der Waals surface area contributed by atoms with Gasteiger partial charge in [0.1, 0.15) is 11.5 Å². The number of pyridine rings is 1. The number of carbonyl (C=O) groups is 1. The number of Topliss-reactive ketones (excluding diaryl/α,β-unsaturated/α-hetero) is 1. The average Bonchev–Trinajstić information content (AvgIpc) is 3.12. The van der Waals surface area contributed by atoms with Crippen LogP contribution in [0.15, 0.2) is 47.6 Å². The summed E-state index contributed by atoms with van der Waals surface area (Å²) in [5.41, 5.74) is 0.884. The molecule has 2 aromatic heterocycles. The number of rotatable bonds is 8. The Bertz CT molecular complexity index is 1130. The molecular weight excluding hydrogens is 437 g/mol. The minimum Gasteiger partial charge on any atom is -0.292 e. The highest BCUT2D eigenvalue weighted by atomic mass is 35.5. The van der Waals surface area contributed by atoms with E-state index >= 15 is 0 Å². The van der Waals surface area contributed by atoms with Gasteiger partial charge >= 0.3 is 0 Å². The van der Waals surface area contributed by atoms with Crippen LogP contribution in [0.3, 0.4) is 0 Å². The van der Waals surface area contributed by atoms with Crippen LogP contribution in [0.1, 0.15) is 32.4 Å². The molecule has 0 unspecified atom stereocenters. The molecule has 1 N–H and O–H groups in total. The van der Waals surface area contributed by atoms with Crippen molar-refractivity contribution < 1.29 is 17.6 Å². The maximum Gasteiger partial charge on any atom is 0.240 e. The van der Waals surface area contributed by atoms with E-state index in [9.17, 15) is 17.6 Å². The van der Waals surface area contributed by atoms with E-state index in [2.05, 4.69) is 14.7 Å². The van der Waals surface area contributed by atoms with Crippen LogP contribution in [0.2, 0.25) is 5.02 Å². The Labute approximate surface area is 176 Å². The number of ketones is 1. The van der Waals surface area contributed by atoms with Crippen molar-refractivity contribution in [3.8, 4) is 0 Å². The van der Waals surface area contributed by atoms with Crippen molar-refractivity contribution in [1.82, 2.24) is 14.7 Å². The second kappa shape index (κ2) is 9.08. The molecule has 0 aliphatic rings. The van der Waals surface area contributed by atoms with Gasteiger partial charge in [0.15, 0.2) is 5.78 Å². The number of hydrogen-bond acceptors (Lipinski definition) is 6. The van der Waals surface area contributed by atoms with Crippen LogP contribution in [0.5, 0.6) is 0 Å². The summed E-state index contributed by atoms with van der Waals surface area (Å²) < 4.78 is 40.4. The molecule has 152 valence electrons. The quantitative estimate of drug-likeness (QED) is 0.522. The van der Waals surface area contributed by atoms with Gasteiger partial charge in [0.05, 0.1) is 14.9 Å². The van der Waals surface area contributed by atoms with Crippen molar-refractivity contribution in [2.75, 3.05) is 0 Å². The van der Waals surface area contributed by atoms with Gasteiger partial charge in [0.2, 0.25) is 10.0 Å². The van der Waals surface area contributed by atoms with Crippen molar-refractivity contribution in [2.45, 2.75) is 31.2 Å².